The number of hydrogen-bond donors (Lipinski definition) is 0. The molecule has 7 heteroatoms. The van der Waals surface area contributed by atoms with Gasteiger partial charge in [0.1, 0.15) is 0 Å². The lowest BCUT2D eigenvalue weighted by Crippen LogP contribution is -2.44. The summed E-state index contributed by atoms with van der Waals surface area (Å²) in [6, 6.07) is 9.89. The number of amides is 1. The number of carbonyl (C=O) groups is 1. The highest BCUT2D eigenvalue weighted by molar-refractivity contribution is 7.89. The molecule has 0 saturated carbocycles. The van der Waals surface area contributed by atoms with Gasteiger partial charge in [-0.25, -0.2) is 8.42 Å². The lowest BCUT2D eigenvalue weighted by Gasteiger charge is -2.28. The minimum Gasteiger partial charge on any atom is -0.338 e. The summed E-state index contributed by atoms with van der Waals surface area (Å²) in [4.78, 5) is 14.0. The normalized spacial score (nSPS) is 11.5. The molecule has 0 saturated heterocycles. The monoisotopic (exact) mass is 323 g/mol. The van der Waals surface area contributed by atoms with Crippen molar-refractivity contribution >= 4 is 15.9 Å². The van der Waals surface area contributed by atoms with Crippen LogP contribution in [0.2, 0.25) is 0 Å². The molecule has 0 aromatic heterocycles. The van der Waals surface area contributed by atoms with Gasteiger partial charge < -0.3 is 4.90 Å². The Morgan fingerprint density at radius 1 is 1.27 bits per heavy atom. The molecule has 0 aliphatic heterocycles. The second-order valence-electron chi connectivity index (χ2n) is 5.16. The van der Waals surface area contributed by atoms with Crippen LogP contribution in [-0.4, -0.2) is 49.7 Å². The molecule has 0 atom stereocenters. The molecular formula is C15H21N3O3S. The van der Waals surface area contributed by atoms with E-state index in [1.807, 2.05) is 19.9 Å². The molecule has 1 aromatic rings. The Hall–Kier alpha value is -1.91. The molecule has 0 N–H and O–H groups in total. The van der Waals surface area contributed by atoms with E-state index < -0.39 is 10.0 Å². The summed E-state index contributed by atoms with van der Waals surface area (Å²) < 4.78 is 25.8. The van der Waals surface area contributed by atoms with E-state index in [1.165, 1.54) is 24.1 Å². The van der Waals surface area contributed by atoms with Gasteiger partial charge in [-0.2, -0.15) is 9.57 Å². The number of hydrogen-bond acceptors (Lipinski definition) is 4. The summed E-state index contributed by atoms with van der Waals surface area (Å²) >= 11 is 0. The molecule has 120 valence electrons. The Morgan fingerprint density at radius 3 is 2.36 bits per heavy atom. The van der Waals surface area contributed by atoms with Gasteiger partial charge in [-0.05, 0) is 26.0 Å². The fraction of sp³-hybridized carbons (Fsp3) is 0.467. The Bertz CT molecular complexity index is 636. The highest BCUT2D eigenvalue weighted by atomic mass is 32.2. The SMILES string of the molecule is CC(C)N(CCC#N)C(=O)CN(C)S(=O)(=O)c1ccccc1. The lowest BCUT2D eigenvalue weighted by molar-refractivity contribution is -0.132. The van der Waals surface area contributed by atoms with Crippen LogP contribution < -0.4 is 0 Å². The van der Waals surface area contributed by atoms with E-state index in [1.54, 1.807) is 18.2 Å². The number of benzene rings is 1. The third-order valence-electron chi connectivity index (χ3n) is 3.22. The molecule has 0 fully saturated rings. The predicted octanol–water partition coefficient (Wildman–Crippen LogP) is 1.46. The minimum atomic E-state index is -3.69. The zero-order chi connectivity index (χ0) is 16.8. The van der Waals surface area contributed by atoms with Crippen molar-refractivity contribution in [1.82, 2.24) is 9.21 Å². The summed E-state index contributed by atoms with van der Waals surface area (Å²) in [7, 11) is -2.31. The number of nitrogens with zero attached hydrogens (tertiary/aromatic N) is 3. The highest BCUT2D eigenvalue weighted by Gasteiger charge is 2.25. The van der Waals surface area contributed by atoms with Crippen molar-refractivity contribution in [3.05, 3.63) is 30.3 Å². The number of rotatable bonds is 7. The molecule has 1 rings (SSSR count). The summed E-state index contributed by atoms with van der Waals surface area (Å²) in [6.07, 6.45) is 0.221. The molecule has 0 heterocycles. The first kappa shape index (κ1) is 18.1. The van der Waals surface area contributed by atoms with Gasteiger partial charge in [0.05, 0.1) is 23.9 Å². The highest BCUT2D eigenvalue weighted by Crippen LogP contribution is 2.14. The quantitative estimate of drug-likeness (QED) is 0.760. The largest absolute Gasteiger partial charge is 0.338 e. The van der Waals surface area contributed by atoms with Gasteiger partial charge in [-0.15, -0.1) is 0 Å². The molecule has 0 unspecified atom stereocenters. The van der Waals surface area contributed by atoms with E-state index in [-0.39, 0.29) is 29.8 Å². The van der Waals surface area contributed by atoms with E-state index in [4.69, 9.17) is 5.26 Å². The van der Waals surface area contributed by atoms with E-state index in [0.717, 1.165) is 4.31 Å². The molecule has 6 nitrogen and oxygen atoms in total. The van der Waals surface area contributed by atoms with Crippen molar-refractivity contribution in [2.75, 3.05) is 20.1 Å². The van der Waals surface area contributed by atoms with Gasteiger partial charge >= 0.3 is 0 Å². The van der Waals surface area contributed by atoms with Crippen molar-refractivity contribution < 1.29 is 13.2 Å². The average molecular weight is 323 g/mol. The Kier molecular flexibility index (Phi) is 6.53. The molecular weight excluding hydrogens is 302 g/mol. The van der Waals surface area contributed by atoms with Crippen molar-refractivity contribution in [2.45, 2.75) is 31.2 Å². The summed E-state index contributed by atoms with van der Waals surface area (Å²) in [5, 5.41) is 8.64. The van der Waals surface area contributed by atoms with Crippen LogP contribution in [0.5, 0.6) is 0 Å². The smallest absolute Gasteiger partial charge is 0.243 e. The van der Waals surface area contributed by atoms with Crippen LogP contribution >= 0.6 is 0 Å². The predicted molar refractivity (Wildman–Crippen MR) is 83.3 cm³/mol. The molecule has 22 heavy (non-hydrogen) atoms. The number of sulfonamides is 1. The Balaban J connectivity index is 2.84. The van der Waals surface area contributed by atoms with Gasteiger partial charge in [0, 0.05) is 19.6 Å². The van der Waals surface area contributed by atoms with Crippen LogP contribution in [0.15, 0.2) is 35.2 Å². The number of likely N-dealkylation sites (N-methyl/N-ethyl adjacent to an activating group) is 1. The van der Waals surface area contributed by atoms with E-state index in [0.29, 0.717) is 6.54 Å². The first-order chi connectivity index (χ1) is 10.3. The topological polar surface area (TPSA) is 81.5 Å². The molecule has 1 aromatic carbocycles. The van der Waals surface area contributed by atoms with Gasteiger partial charge in [0.2, 0.25) is 15.9 Å². The number of nitriles is 1. The van der Waals surface area contributed by atoms with Crippen LogP contribution in [0, 0.1) is 11.3 Å². The summed E-state index contributed by atoms with van der Waals surface area (Å²) in [6.45, 7) is 3.72. The molecule has 0 radical (unpaired) electrons. The van der Waals surface area contributed by atoms with E-state index >= 15 is 0 Å². The van der Waals surface area contributed by atoms with Crippen molar-refractivity contribution in [3.63, 3.8) is 0 Å². The third-order valence-corrected chi connectivity index (χ3v) is 5.04. The molecule has 1 amide bonds. The van der Waals surface area contributed by atoms with Gasteiger partial charge in [-0.3, -0.25) is 4.79 Å². The number of carbonyl (C=O) groups excluding carboxylic acids is 1. The standard InChI is InChI=1S/C15H21N3O3S/c1-13(2)18(11-7-10-16)15(19)12-17(3)22(20,21)14-8-5-4-6-9-14/h4-6,8-9,13H,7,11-12H2,1-3H3. The van der Waals surface area contributed by atoms with E-state index in [9.17, 15) is 13.2 Å². The fourth-order valence-corrected chi connectivity index (χ4v) is 3.12. The molecule has 0 aliphatic rings. The maximum atomic E-state index is 12.4. The van der Waals surface area contributed by atoms with Gasteiger partial charge in [0.15, 0.2) is 0 Å². The van der Waals surface area contributed by atoms with Crippen LogP contribution in [-0.2, 0) is 14.8 Å². The maximum absolute atomic E-state index is 12.4. The van der Waals surface area contributed by atoms with Crippen LogP contribution in [0.1, 0.15) is 20.3 Å². The zero-order valence-corrected chi connectivity index (χ0v) is 13.9. The van der Waals surface area contributed by atoms with Crippen LogP contribution in [0.3, 0.4) is 0 Å². The average Bonchev–Trinajstić information content (AvgIpc) is 2.48. The molecule has 0 spiro atoms. The van der Waals surface area contributed by atoms with Gasteiger partial charge in [-0.1, -0.05) is 18.2 Å². The summed E-state index contributed by atoms with van der Waals surface area (Å²) in [5.74, 6) is -0.313. The van der Waals surface area contributed by atoms with Crippen molar-refractivity contribution in [2.24, 2.45) is 0 Å². The molecule has 0 aliphatic carbocycles. The first-order valence-electron chi connectivity index (χ1n) is 6.98. The maximum Gasteiger partial charge on any atom is 0.243 e. The Morgan fingerprint density at radius 2 is 1.86 bits per heavy atom. The van der Waals surface area contributed by atoms with Crippen molar-refractivity contribution in [3.8, 4) is 6.07 Å². The van der Waals surface area contributed by atoms with Crippen LogP contribution in [0.25, 0.3) is 0 Å². The van der Waals surface area contributed by atoms with Crippen molar-refractivity contribution in [1.29, 1.82) is 5.26 Å². The van der Waals surface area contributed by atoms with Crippen LogP contribution in [0.4, 0.5) is 0 Å². The zero-order valence-electron chi connectivity index (χ0n) is 13.1. The lowest BCUT2D eigenvalue weighted by atomic mass is 10.3. The third kappa shape index (κ3) is 4.55. The Labute approximate surface area is 132 Å². The summed E-state index contributed by atoms with van der Waals surface area (Å²) in [5.41, 5.74) is 0. The second-order valence-corrected chi connectivity index (χ2v) is 7.21. The fourth-order valence-electron chi connectivity index (χ4n) is 1.98. The van der Waals surface area contributed by atoms with E-state index in [2.05, 4.69) is 0 Å². The minimum absolute atomic E-state index is 0.0892. The van der Waals surface area contributed by atoms with Gasteiger partial charge in [0.25, 0.3) is 0 Å². The first-order valence-corrected chi connectivity index (χ1v) is 8.42. The molecule has 0 bridgehead atoms. The second kappa shape index (κ2) is 7.92.